The highest BCUT2D eigenvalue weighted by Gasteiger charge is 2.17. The standard InChI is InChI=1S/C19H17N5S/c1-25-19-16-17(20-12-14-8-4-2-5-9-14)21-13-22-18(16)24(23-19)15-10-6-3-7-11-15/h2-11,13H,12H2,1H3,(H,20,21,22). The van der Waals surface area contributed by atoms with Crippen LogP contribution in [0.5, 0.6) is 0 Å². The van der Waals surface area contributed by atoms with Crippen molar-refractivity contribution in [2.24, 2.45) is 0 Å². The highest BCUT2D eigenvalue weighted by molar-refractivity contribution is 7.98. The Morgan fingerprint density at radius 3 is 2.40 bits per heavy atom. The van der Waals surface area contributed by atoms with Crippen molar-refractivity contribution >= 4 is 28.6 Å². The lowest BCUT2D eigenvalue weighted by molar-refractivity contribution is 0.852. The minimum Gasteiger partial charge on any atom is -0.365 e. The molecule has 2 heterocycles. The number of fused-ring (bicyclic) bond motifs is 1. The Labute approximate surface area is 150 Å². The third-order valence-corrected chi connectivity index (χ3v) is 4.60. The van der Waals surface area contributed by atoms with E-state index in [1.165, 1.54) is 5.56 Å². The molecule has 1 N–H and O–H groups in total. The number of nitrogens with zero attached hydrogens (tertiary/aromatic N) is 4. The van der Waals surface area contributed by atoms with Crippen molar-refractivity contribution in [3.8, 4) is 5.69 Å². The van der Waals surface area contributed by atoms with Crippen molar-refractivity contribution in [1.82, 2.24) is 19.7 Å². The summed E-state index contributed by atoms with van der Waals surface area (Å²) in [6, 6.07) is 20.3. The van der Waals surface area contributed by atoms with Crippen LogP contribution in [0.3, 0.4) is 0 Å². The first-order chi connectivity index (χ1) is 12.4. The summed E-state index contributed by atoms with van der Waals surface area (Å²) in [4.78, 5) is 8.93. The molecule has 0 unspecified atom stereocenters. The number of hydrogen-bond donors (Lipinski definition) is 1. The smallest absolute Gasteiger partial charge is 0.169 e. The van der Waals surface area contributed by atoms with Crippen LogP contribution in [-0.4, -0.2) is 26.0 Å². The average molecular weight is 347 g/mol. The van der Waals surface area contributed by atoms with E-state index >= 15 is 0 Å². The molecule has 0 spiro atoms. The SMILES string of the molecule is CSc1nn(-c2ccccc2)c2ncnc(NCc3ccccc3)c12. The number of nitrogens with one attached hydrogen (secondary N) is 1. The third-order valence-electron chi connectivity index (χ3n) is 3.93. The fourth-order valence-electron chi connectivity index (χ4n) is 2.73. The molecule has 25 heavy (non-hydrogen) atoms. The Morgan fingerprint density at radius 1 is 0.960 bits per heavy atom. The molecule has 0 aliphatic carbocycles. The summed E-state index contributed by atoms with van der Waals surface area (Å²) in [6.45, 7) is 0.706. The lowest BCUT2D eigenvalue weighted by atomic mass is 10.2. The fraction of sp³-hybridized carbons (Fsp3) is 0.105. The summed E-state index contributed by atoms with van der Waals surface area (Å²) in [5, 5.41) is 10.0. The zero-order chi connectivity index (χ0) is 17.1. The molecule has 5 nitrogen and oxygen atoms in total. The average Bonchev–Trinajstić information content (AvgIpc) is 3.07. The first-order valence-electron chi connectivity index (χ1n) is 7.98. The second-order valence-corrected chi connectivity index (χ2v) is 6.31. The maximum absolute atomic E-state index is 4.73. The molecule has 0 bridgehead atoms. The molecule has 0 fully saturated rings. The summed E-state index contributed by atoms with van der Waals surface area (Å²) in [5.41, 5.74) is 3.00. The molecule has 4 rings (SSSR count). The van der Waals surface area contributed by atoms with Crippen LogP contribution in [0.4, 0.5) is 5.82 Å². The van der Waals surface area contributed by atoms with Gasteiger partial charge >= 0.3 is 0 Å². The number of para-hydroxylation sites is 1. The molecular weight excluding hydrogens is 330 g/mol. The van der Waals surface area contributed by atoms with Gasteiger partial charge in [0.2, 0.25) is 0 Å². The Hall–Kier alpha value is -2.86. The van der Waals surface area contributed by atoms with Gasteiger partial charge in [-0.25, -0.2) is 14.6 Å². The lowest BCUT2D eigenvalue weighted by Crippen LogP contribution is -2.03. The van der Waals surface area contributed by atoms with Crippen LogP contribution >= 0.6 is 11.8 Å². The van der Waals surface area contributed by atoms with Crippen LogP contribution in [0.15, 0.2) is 72.0 Å². The van der Waals surface area contributed by atoms with E-state index < -0.39 is 0 Å². The molecule has 0 aliphatic rings. The second-order valence-electron chi connectivity index (χ2n) is 5.52. The van der Waals surface area contributed by atoms with Crippen LogP contribution in [0.2, 0.25) is 0 Å². The van der Waals surface area contributed by atoms with Gasteiger partial charge in [-0.15, -0.1) is 11.8 Å². The van der Waals surface area contributed by atoms with Crippen LogP contribution in [-0.2, 0) is 6.54 Å². The van der Waals surface area contributed by atoms with Gasteiger partial charge in [-0.3, -0.25) is 0 Å². The minimum atomic E-state index is 0.706. The van der Waals surface area contributed by atoms with Crippen LogP contribution in [0.25, 0.3) is 16.7 Å². The van der Waals surface area contributed by atoms with Gasteiger partial charge in [-0.1, -0.05) is 48.5 Å². The molecule has 124 valence electrons. The molecule has 0 amide bonds. The molecule has 2 aromatic heterocycles. The molecule has 2 aromatic carbocycles. The van der Waals surface area contributed by atoms with E-state index in [9.17, 15) is 0 Å². The van der Waals surface area contributed by atoms with E-state index in [0.29, 0.717) is 6.54 Å². The Morgan fingerprint density at radius 2 is 1.68 bits per heavy atom. The zero-order valence-corrected chi connectivity index (χ0v) is 14.6. The Bertz CT molecular complexity index is 983. The van der Waals surface area contributed by atoms with E-state index in [1.807, 2.05) is 59.5 Å². The third kappa shape index (κ3) is 3.08. The van der Waals surface area contributed by atoms with Gasteiger partial charge in [0.15, 0.2) is 5.65 Å². The molecule has 0 saturated carbocycles. The predicted molar refractivity (Wildman–Crippen MR) is 102 cm³/mol. The molecule has 0 atom stereocenters. The Kier molecular flexibility index (Phi) is 4.35. The normalized spacial score (nSPS) is 10.9. The van der Waals surface area contributed by atoms with Gasteiger partial charge in [0.25, 0.3) is 0 Å². The van der Waals surface area contributed by atoms with Crippen molar-refractivity contribution in [1.29, 1.82) is 0 Å². The number of benzene rings is 2. The first-order valence-corrected chi connectivity index (χ1v) is 9.20. The summed E-state index contributed by atoms with van der Waals surface area (Å²) in [5.74, 6) is 0.806. The van der Waals surface area contributed by atoms with Crippen molar-refractivity contribution in [3.63, 3.8) is 0 Å². The molecule has 6 heteroatoms. The van der Waals surface area contributed by atoms with Gasteiger partial charge in [0, 0.05) is 6.54 Å². The zero-order valence-electron chi connectivity index (χ0n) is 13.8. The van der Waals surface area contributed by atoms with Gasteiger partial charge in [-0.05, 0) is 24.0 Å². The van der Waals surface area contributed by atoms with Crippen molar-refractivity contribution in [3.05, 3.63) is 72.6 Å². The van der Waals surface area contributed by atoms with Gasteiger partial charge in [0.1, 0.15) is 17.2 Å². The topological polar surface area (TPSA) is 55.6 Å². The molecule has 4 aromatic rings. The minimum absolute atomic E-state index is 0.706. The largest absolute Gasteiger partial charge is 0.365 e. The maximum atomic E-state index is 4.73. The molecular formula is C19H17N5S. The summed E-state index contributed by atoms with van der Waals surface area (Å²) in [6.07, 6.45) is 3.60. The van der Waals surface area contributed by atoms with Gasteiger partial charge in [-0.2, -0.15) is 5.10 Å². The number of aromatic nitrogens is 4. The monoisotopic (exact) mass is 347 g/mol. The van der Waals surface area contributed by atoms with Crippen LogP contribution < -0.4 is 5.32 Å². The number of anilines is 1. The van der Waals surface area contributed by atoms with E-state index in [2.05, 4.69) is 27.4 Å². The maximum Gasteiger partial charge on any atom is 0.169 e. The van der Waals surface area contributed by atoms with E-state index in [-0.39, 0.29) is 0 Å². The van der Waals surface area contributed by atoms with Gasteiger partial charge < -0.3 is 5.32 Å². The van der Waals surface area contributed by atoms with Crippen molar-refractivity contribution < 1.29 is 0 Å². The number of hydrogen-bond acceptors (Lipinski definition) is 5. The predicted octanol–water partition coefficient (Wildman–Crippen LogP) is 4.15. The summed E-state index contributed by atoms with van der Waals surface area (Å²) < 4.78 is 1.87. The first kappa shape index (κ1) is 15.7. The fourth-order valence-corrected chi connectivity index (χ4v) is 3.29. The van der Waals surface area contributed by atoms with E-state index in [0.717, 1.165) is 27.6 Å². The van der Waals surface area contributed by atoms with Crippen LogP contribution in [0.1, 0.15) is 5.56 Å². The van der Waals surface area contributed by atoms with Crippen molar-refractivity contribution in [2.45, 2.75) is 11.6 Å². The number of rotatable bonds is 5. The van der Waals surface area contributed by atoms with Crippen LogP contribution in [0, 0.1) is 0 Å². The number of thioether (sulfide) groups is 1. The quantitative estimate of drug-likeness (QED) is 0.550. The second kappa shape index (κ2) is 6.94. The lowest BCUT2D eigenvalue weighted by Gasteiger charge is -2.07. The van der Waals surface area contributed by atoms with E-state index in [4.69, 9.17) is 5.10 Å². The van der Waals surface area contributed by atoms with Crippen molar-refractivity contribution in [2.75, 3.05) is 11.6 Å². The molecule has 0 radical (unpaired) electrons. The highest BCUT2D eigenvalue weighted by Crippen LogP contribution is 2.31. The summed E-state index contributed by atoms with van der Waals surface area (Å²) in [7, 11) is 0. The molecule has 0 aliphatic heterocycles. The Balaban J connectivity index is 1.77. The van der Waals surface area contributed by atoms with E-state index in [1.54, 1.807) is 18.1 Å². The van der Waals surface area contributed by atoms with Gasteiger partial charge in [0.05, 0.1) is 11.1 Å². The molecule has 0 saturated heterocycles. The summed E-state index contributed by atoms with van der Waals surface area (Å²) >= 11 is 1.60. The highest BCUT2D eigenvalue weighted by atomic mass is 32.2.